The van der Waals surface area contributed by atoms with E-state index in [2.05, 4.69) is 10.1 Å². The normalized spacial score (nSPS) is 11.1. The lowest BCUT2D eigenvalue weighted by Crippen LogP contribution is -2.38. The molecular weight excluding hydrogens is 467 g/mol. The average Bonchev–Trinajstić information content (AvgIpc) is 3.29. The van der Waals surface area contributed by atoms with Gasteiger partial charge in [-0.25, -0.2) is 17.6 Å². The van der Waals surface area contributed by atoms with E-state index in [0.717, 1.165) is 17.4 Å². The van der Waals surface area contributed by atoms with E-state index in [-0.39, 0.29) is 26.2 Å². The zero-order valence-corrected chi connectivity index (χ0v) is 18.4. The highest BCUT2D eigenvalue weighted by Gasteiger charge is 2.30. The fourth-order valence-corrected chi connectivity index (χ4v) is 5.36. The molecule has 0 fully saturated rings. The maximum absolute atomic E-state index is 14.4. The van der Waals surface area contributed by atoms with Crippen LogP contribution >= 0.6 is 22.9 Å². The van der Waals surface area contributed by atoms with Crippen molar-refractivity contribution in [1.29, 1.82) is 0 Å². The first-order valence-electron chi connectivity index (χ1n) is 8.72. The molecule has 1 aromatic heterocycles. The van der Waals surface area contributed by atoms with Gasteiger partial charge in [0.2, 0.25) is 5.91 Å². The lowest BCUT2D eigenvalue weighted by molar-refractivity contribution is -0.114. The van der Waals surface area contributed by atoms with Crippen LogP contribution in [0.15, 0.2) is 64.2 Å². The zero-order valence-electron chi connectivity index (χ0n) is 16.0. The van der Waals surface area contributed by atoms with Gasteiger partial charge in [-0.05, 0) is 41.8 Å². The van der Waals surface area contributed by atoms with Crippen molar-refractivity contribution in [2.24, 2.45) is 0 Å². The largest absolute Gasteiger partial charge is 0.465 e. The van der Waals surface area contributed by atoms with Crippen molar-refractivity contribution in [1.82, 2.24) is 0 Å². The number of methoxy groups -OCH3 is 1. The van der Waals surface area contributed by atoms with Crippen LogP contribution in [0.25, 0.3) is 0 Å². The van der Waals surface area contributed by atoms with Gasteiger partial charge < -0.3 is 10.1 Å². The Balaban J connectivity index is 1.93. The van der Waals surface area contributed by atoms with Gasteiger partial charge >= 0.3 is 5.97 Å². The molecule has 3 rings (SSSR count). The minimum Gasteiger partial charge on any atom is -0.465 e. The van der Waals surface area contributed by atoms with Crippen LogP contribution in [0, 0.1) is 5.82 Å². The first-order chi connectivity index (χ1) is 14.7. The summed E-state index contributed by atoms with van der Waals surface area (Å²) in [6, 6.07) is 12.2. The summed E-state index contributed by atoms with van der Waals surface area (Å²) in [4.78, 5) is 24.4. The van der Waals surface area contributed by atoms with E-state index >= 15 is 0 Å². The van der Waals surface area contributed by atoms with Crippen LogP contribution in [0.2, 0.25) is 5.02 Å². The fraction of sp³-hybridized carbons (Fsp3) is 0.100. The molecule has 2 aromatic carbocycles. The molecule has 0 aliphatic rings. The minimum absolute atomic E-state index is 0.0470. The Labute approximate surface area is 187 Å². The Hall–Kier alpha value is -2.95. The third kappa shape index (κ3) is 5.04. The predicted molar refractivity (Wildman–Crippen MR) is 117 cm³/mol. The maximum atomic E-state index is 14.4. The highest BCUT2D eigenvalue weighted by Crippen LogP contribution is 2.29. The molecule has 0 bridgehead atoms. The van der Waals surface area contributed by atoms with Crippen molar-refractivity contribution in [2.45, 2.75) is 4.21 Å². The molecule has 3 aromatic rings. The quantitative estimate of drug-likeness (QED) is 0.510. The number of anilines is 2. The summed E-state index contributed by atoms with van der Waals surface area (Å²) in [6.07, 6.45) is 0. The third-order valence-corrected chi connectivity index (χ3v) is 7.57. The number of halogens is 2. The Morgan fingerprint density at radius 3 is 2.55 bits per heavy atom. The van der Waals surface area contributed by atoms with Crippen LogP contribution in [0.4, 0.5) is 15.8 Å². The standard InChI is InChI=1S/C20H16ClFN2O5S2/c1-29-20(26)13-8-9-14(21)16(11-13)23-18(25)12-24(17-6-3-2-5-15(17)22)31(27,28)19-7-4-10-30-19/h2-11H,12H2,1H3,(H,23,25). The maximum Gasteiger partial charge on any atom is 0.337 e. The number of thiophene rings is 1. The first kappa shape index (κ1) is 22.7. The van der Waals surface area contributed by atoms with E-state index in [1.165, 1.54) is 55.6 Å². The number of ether oxygens (including phenoxy) is 1. The summed E-state index contributed by atoms with van der Waals surface area (Å²) >= 11 is 7.02. The molecule has 1 heterocycles. The minimum atomic E-state index is -4.21. The molecular formula is C20H16ClFN2O5S2. The summed E-state index contributed by atoms with van der Waals surface area (Å²) < 4.78 is 45.9. The van der Waals surface area contributed by atoms with Crippen molar-refractivity contribution >= 4 is 56.2 Å². The van der Waals surface area contributed by atoms with Crippen LogP contribution < -0.4 is 9.62 Å². The molecule has 162 valence electrons. The summed E-state index contributed by atoms with van der Waals surface area (Å²) in [5, 5.41) is 4.15. The number of carbonyl (C=O) groups is 2. The molecule has 0 unspecified atom stereocenters. The monoisotopic (exact) mass is 482 g/mol. The lowest BCUT2D eigenvalue weighted by atomic mass is 10.2. The van der Waals surface area contributed by atoms with E-state index in [1.807, 2.05) is 0 Å². The number of rotatable bonds is 7. The van der Waals surface area contributed by atoms with E-state index < -0.39 is 34.3 Å². The van der Waals surface area contributed by atoms with Crippen molar-refractivity contribution in [3.05, 3.63) is 76.4 Å². The summed E-state index contributed by atoms with van der Waals surface area (Å²) in [6.45, 7) is -0.722. The van der Waals surface area contributed by atoms with E-state index in [4.69, 9.17) is 11.6 Å². The molecule has 0 radical (unpaired) electrons. The van der Waals surface area contributed by atoms with Gasteiger partial charge in [-0.1, -0.05) is 29.8 Å². The predicted octanol–water partition coefficient (Wildman–Crippen LogP) is 4.16. The summed E-state index contributed by atoms with van der Waals surface area (Å²) in [5.41, 5.74) is -0.0589. The zero-order chi connectivity index (χ0) is 22.6. The van der Waals surface area contributed by atoms with Crippen LogP contribution in [-0.4, -0.2) is 33.9 Å². The molecule has 0 aliphatic carbocycles. The summed E-state index contributed by atoms with van der Waals surface area (Å²) in [5.74, 6) is -2.23. The number of hydrogen-bond donors (Lipinski definition) is 1. The number of sulfonamides is 1. The van der Waals surface area contributed by atoms with Gasteiger partial charge in [0, 0.05) is 0 Å². The molecule has 0 saturated heterocycles. The molecule has 0 saturated carbocycles. The van der Waals surface area contributed by atoms with Crippen molar-refractivity contribution in [2.75, 3.05) is 23.3 Å². The van der Waals surface area contributed by atoms with E-state index in [1.54, 1.807) is 5.38 Å². The van der Waals surface area contributed by atoms with Gasteiger partial charge in [0.15, 0.2) is 0 Å². The third-order valence-electron chi connectivity index (χ3n) is 4.11. The fourth-order valence-electron chi connectivity index (χ4n) is 2.66. The number of para-hydroxylation sites is 1. The molecule has 0 aliphatic heterocycles. The number of benzene rings is 2. The molecule has 11 heteroatoms. The van der Waals surface area contributed by atoms with Crippen molar-refractivity contribution in [3.8, 4) is 0 Å². The Bertz CT molecular complexity index is 1220. The van der Waals surface area contributed by atoms with Gasteiger partial charge in [0.1, 0.15) is 16.6 Å². The number of nitrogens with zero attached hydrogens (tertiary/aromatic N) is 1. The highest BCUT2D eigenvalue weighted by molar-refractivity contribution is 7.94. The number of nitrogens with one attached hydrogen (secondary N) is 1. The van der Waals surface area contributed by atoms with Crippen molar-refractivity contribution in [3.63, 3.8) is 0 Å². The number of amides is 1. The van der Waals surface area contributed by atoms with Crippen LogP contribution in [0.5, 0.6) is 0 Å². The molecule has 1 amide bonds. The van der Waals surface area contributed by atoms with Crippen LogP contribution in [0.3, 0.4) is 0 Å². The molecule has 7 nitrogen and oxygen atoms in total. The number of hydrogen-bond acceptors (Lipinski definition) is 6. The Morgan fingerprint density at radius 2 is 1.90 bits per heavy atom. The Morgan fingerprint density at radius 1 is 1.16 bits per heavy atom. The smallest absolute Gasteiger partial charge is 0.337 e. The molecule has 31 heavy (non-hydrogen) atoms. The molecule has 1 N–H and O–H groups in total. The second-order valence-electron chi connectivity index (χ2n) is 6.13. The van der Waals surface area contributed by atoms with Crippen molar-refractivity contribution < 1.29 is 27.1 Å². The average molecular weight is 483 g/mol. The number of esters is 1. The van der Waals surface area contributed by atoms with Gasteiger partial charge in [-0.2, -0.15) is 0 Å². The highest BCUT2D eigenvalue weighted by atomic mass is 35.5. The number of carbonyl (C=O) groups excluding carboxylic acids is 2. The molecule has 0 atom stereocenters. The van der Waals surface area contributed by atoms with Gasteiger partial charge in [-0.15, -0.1) is 11.3 Å². The van der Waals surface area contributed by atoms with Gasteiger partial charge in [-0.3, -0.25) is 9.10 Å². The van der Waals surface area contributed by atoms with Crippen LogP contribution in [0.1, 0.15) is 10.4 Å². The second-order valence-corrected chi connectivity index (χ2v) is 9.57. The second kappa shape index (κ2) is 9.46. The van der Waals surface area contributed by atoms with Gasteiger partial charge in [0.05, 0.1) is 29.1 Å². The van der Waals surface area contributed by atoms with Crippen LogP contribution in [-0.2, 0) is 19.6 Å². The summed E-state index contributed by atoms with van der Waals surface area (Å²) in [7, 11) is -3.01. The van der Waals surface area contributed by atoms with E-state index in [0.29, 0.717) is 4.31 Å². The molecule has 0 spiro atoms. The van der Waals surface area contributed by atoms with E-state index in [9.17, 15) is 22.4 Å². The lowest BCUT2D eigenvalue weighted by Gasteiger charge is -2.23. The van der Waals surface area contributed by atoms with Gasteiger partial charge in [0.25, 0.3) is 10.0 Å². The first-order valence-corrected chi connectivity index (χ1v) is 11.4. The Kier molecular flexibility index (Phi) is 6.94. The topological polar surface area (TPSA) is 92.8 Å². The SMILES string of the molecule is COC(=O)c1ccc(Cl)c(NC(=O)CN(c2ccccc2F)S(=O)(=O)c2cccs2)c1.